The summed E-state index contributed by atoms with van der Waals surface area (Å²) in [5, 5.41) is 2.43. The van der Waals surface area contributed by atoms with E-state index in [4.69, 9.17) is 0 Å². The molecule has 4 nitrogen and oxygen atoms in total. The summed E-state index contributed by atoms with van der Waals surface area (Å²) in [6.07, 6.45) is -3.05. The highest BCUT2D eigenvalue weighted by atomic mass is 19.3. The van der Waals surface area contributed by atoms with E-state index in [1.165, 1.54) is 0 Å². The molecule has 0 aromatic carbocycles. The molecule has 0 aliphatic rings. The summed E-state index contributed by atoms with van der Waals surface area (Å²) < 4.78 is 24.0. The van der Waals surface area contributed by atoms with Crippen molar-refractivity contribution in [3.8, 4) is 0 Å². The molecule has 0 fully saturated rings. The second kappa shape index (κ2) is 6.28. The Hall–Kier alpha value is -1.20. The van der Waals surface area contributed by atoms with Crippen LogP contribution in [-0.4, -0.2) is 42.8 Å². The van der Waals surface area contributed by atoms with Crippen molar-refractivity contribution >= 4 is 11.8 Å². The van der Waals surface area contributed by atoms with Crippen LogP contribution in [0.1, 0.15) is 13.8 Å². The van der Waals surface area contributed by atoms with Gasteiger partial charge in [-0.15, -0.1) is 0 Å². The molecule has 0 atom stereocenters. The second-order valence-electron chi connectivity index (χ2n) is 2.61. The zero-order chi connectivity index (χ0) is 11.1. The minimum Gasteiger partial charge on any atom is -0.355 e. The Kier molecular flexibility index (Phi) is 5.74. The van der Waals surface area contributed by atoms with Crippen LogP contribution in [0.25, 0.3) is 0 Å². The molecular weight excluding hydrogens is 194 g/mol. The number of carbonyl (C=O) groups excluding carboxylic acids is 2. The van der Waals surface area contributed by atoms with Crippen LogP contribution in [-0.2, 0) is 9.59 Å². The van der Waals surface area contributed by atoms with Gasteiger partial charge in [0, 0.05) is 13.1 Å². The molecule has 0 radical (unpaired) electrons. The molecule has 82 valence electrons. The smallest absolute Gasteiger partial charge is 0.315 e. The van der Waals surface area contributed by atoms with Crippen LogP contribution in [0.2, 0.25) is 0 Å². The SMILES string of the molecule is CCNC(=O)CN(CC)C(=O)C(F)F. The van der Waals surface area contributed by atoms with Gasteiger partial charge in [-0.25, -0.2) is 0 Å². The maximum absolute atomic E-state index is 12.0. The van der Waals surface area contributed by atoms with Crippen LogP contribution >= 0.6 is 0 Å². The molecule has 0 rings (SSSR count). The lowest BCUT2D eigenvalue weighted by atomic mass is 10.4. The summed E-state index contributed by atoms with van der Waals surface area (Å²) in [4.78, 5) is 22.6. The Bertz CT molecular complexity index is 210. The van der Waals surface area contributed by atoms with Gasteiger partial charge in [-0.1, -0.05) is 0 Å². The first kappa shape index (κ1) is 12.8. The van der Waals surface area contributed by atoms with Gasteiger partial charge in [0.25, 0.3) is 5.91 Å². The number of likely N-dealkylation sites (N-methyl/N-ethyl adjacent to an activating group) is 2. The Morgan fingerprint density at radius 3 is 2.29 bits per heavy atom. The zero-order valence-electron chi connectivity index (χ0n) is 8.22. The fourth-order valence-corrected chi connectivity index (χ4v) is 0.910. The predicted molar refractivity (Wildman–Crippen MR) is 46.9 cm³/mol. The van der Waals surface area contributed by atoms with E-state index in [1.54, 1.807) is 13.8 Å². The van der Waals surface area contributed by atoms with E-state index in [2.05, 4.69) is 5.32 Å². The fourth-order valence-electron chi connectivity index (χ4n) is 0.910. The van der Waals surface area contributed by atoms with Gasteiger partial charge in [-0.2, -0.15) is 8.78 Å². The largest absolute Gasteiger partial charge is 0.355 e. The lowest BCUT2D eigenvalue weighted by Gasteiger charge is -2.19. The molecule has 0 aromatic rings. The first-order valence-corrected chi connectivity index (χ1v) is 4.36. The van der Waals surface area contributed by atoms with Gasteiger partial charge in [0.15, 0.2) is 0 Å². The summed E-state index contributed by atoms with van der Waals surface area (Å²) in [5.74, 6) is -1.73. The molecule has 0 aliphatic heterocycles. The molecule has 0 heterocycles. The van der Waals surface area contributed by atoms with Gasteiger partial charge in [0.05, 0.1) is 6.54 Å². The molecular formula is C8H14F2N2O2. The van der Waals surface area contributed by atoms with Crippen LogP contribution in [0.4, 0.5) is 8.78 Å². The molecule has 0 aliphatic carbocycles. The number of halogens is 2. The molecule has 1 N–H and O–H groups in total. The number of nitrogens with zero attached hydrogens (tertiary/aromatic N) is 1. The molecule has 14 heavy (non-hydrogen) atoms. The third-order valence-electron chi connectivity index (χ3n) is 1.59. The predicted octanol–water partition coefficient (Wildman–Crippen LogP) is 0.236. The Morgan fingerprint density at radius 1 is 1.36 bits per heavy atom. The van der Waals surface area contributed by atoms with Crippen molar-refractivity contribution < 1.29 is 18.4 Å². The van der Waals surface area contributed by atoms with Gasteiger partial charge in [0.2, 0.25) is 5.91 Å². The molecule has 0 saturated heterocycles. The van der Waals surface area contributed by atoms with Crippen LogP contribution in [0, 0.1) is 0 Å². The van der Waals surface area contributed by atoms with Gasteiger partial charge in [0.1, 0.15) is 0 Å². The zero-order valence-corrected chi connectivity index (χ0v) is 8.22. The minimum absolute atomic E-state index is 0.0975. The number of hydrogen-bond donors (Lipinski definition) is 1. The molecule has 0 unspecified atom stereocenters. The Labute approximate surface area is 81.3 Å². The van der Waals surface area contributed by atoms with E-state index in [0.29, 0.717) is 6.54 Å². The van der Waals surface area contributed by atoms with Crippen molar-refractivity contribution in [3.05, 3.63) is 0 Å². The third kappa shape index (κ3) is 4.15. The summed E-state index contributed by atoms with van der Waals surface area (Å²) in [5.41, 5.74) is 0. The van der Waals surface area contributed by atoms with Gasteiger partial charge < -0.3 is 10.2 Å². The van der Waals surface area contributed by atoms with Crippen molar-refractivity contribution in [2.75, 3.05) is 19.6 Å². The van der Waals surface area contributed by atoms with E-state index < -0.39 is 18.2 Å². The summed E-state index contributed by atoms with van der Waals surface area (Å²) in [7, 11) is 0. The number of nitrogens with one attached hydrogen (secondary N) is 1. The third-order valence-corrected chi connectivity index (χ3v) is 1.59. The van der Waals surface area contributed by atoms with Crippen molar-refractivity contribution in [2.24, 2.45) is 0 Å². The molecule has 0 aromatic heterocycles. The lowest BCUT2D eigenvalue weighted by molar-refractivity contribution is -0.145. The Morgan fingerprint density at radius 2 is 1.93 bits per heavy atom. The van der Waals surface area contributed by atoms with Crippen molar-refractivity contribution in [1.29, 1.82) is 0 Å². The van der Waals surface area contributed by atoms with Crippen molar-refractivity contribution in [2.45, 2.75) is 20.3 Å². The average molecular weight is 208 g/mol. The van der Waals surface area contributed by atoms with Gasteiger partial charge >= 0.3 is 6.43 Å². The fraction of sp³-hybridized carbons (Fsp3) is 0.750. The molecule has 2 amide bonds. The van der Waals surface area contributed by atoms with E-state index in [9.17, 15) is 18.4 Å². The summed E-state index contributed by atoms with van der Waals surface area (Å²) >= 11 is 0. The summed E-state index contributed by atoms with van der Waals surface area (Å²) in [6, 6.07) is 0. The van der Waals surface area contributed by atoms with Crippen molar-refractivity contribution in [3.63, 3.8) is 0 Å². The highest BCUT2D eigenvalue weighted by molar-refractivity contribution is 5.86. The highest BCUT2D eigenvalue weighted by Crippen LogP contribution is 2.00. The maximum atomic E-state index is 12.0. The number of carbonyl (C=O) groups is 2. The number of amides is 2. The minimum atomic E-state index is -3.05. The Balaban J connectivity index is 4.15. The van der Waals surface area contributed by atoms with E-state index in [-0.39, 0.29) is 13.1 Å². The highest BCUT2D eigenvalue weighted by Gasteiger charge is 2.23. The quantitative estimate of drug-likeness (QED) is 0.703. The van der Waals surface area contributed by atoms with Crippen LogP contribution in [0.5, 0.6) is 0 Å². The van der Waals surface area contributed by atoms with Crippen LogP contribution in [0.15, 0.2) is 0 Å². The second-order valence-corrected chi connectivity index (χ2v) is 2.61. The lowest BCUT2D eigenvalue weighted by Crippen LogP contribution is -2.42. The van der Waals surface area contributed by atoms with Crippen LogP contribution in [0.3, 0.4) is 0 Å². The standard InChI is InChI=1S/C8H14F2N2O2/c1-3-11-6(13)5-12(4-2)8(14)7(9)10/h7H,3-5H2,1-2H3,(H,11,13). The first-order chi connectivity index (χ1) is 6.52. The summed E-state index contributed by atoms with van der Waals surface area (Å²) in [6.45, 7) is 3.45. The number of hydrogen-bond acceptors (Lipinski definition) is 2. The topological polar surface area (TPSA) is 49.4 Å². The monoisotopic (exact) mass is 208 g/mol. The molecule has 0 spiro atoms. The molecule has 0 saturated carbocycles. The van der Waals surface area contributed by atoms with E-state index in [0.717, 1.165) is 4.90 Å². The van der Waals surface area contributed by atoms with E-state index in [1.807, 2.05) is 0 Å². The number of alkyl halides is 2. The average Bonchev–Trinajstić information content (AvgIpc) is 2.13. The molecule has 6 heteroatoms. The normalized spacial score (nSPS) is 10.1. The molecule has 0 bridgehead atoms. The van der Waals surface area contributed by atoms with E-state index >= 15 is 0 Å². The first-order valence-electron chi connectivity index (χ1n) is 4.36. The van der Waals surface area contributed by atoms with Gasteiger partial charge in [-0.3, -0.25) is 9.59 Å². The van der Waals surface area contributed by atoms with Crippen LogP contribution < -0.4 is 5.32 Å². The van der Waals surface area contributed by atoms with Crippen molar-refractivity contribution in [1.82, 2.24) is 10.2 Å². The van der Waals surface area contributed by atoms with Gasteiger partial charge in [-0.05, 0) is 13.8 Å². The maximum Gasteiger partial charge on any atom is 0.315 e. The number of rotatable bonds is 5.